The molecule has 1 fully saturated rings. The van der Waals surface area contributed by atoms with Crippen LogP contribution in [-0.2, 0) is 16.0 Å². The van der Waals surface area contributed by atoms with Crippen molar-refractivity contribution >= 4 is 5.97 Å². The second kappa shape index (κ2) is 6.58. The number of aliphatic carboxylic acids is 1. The van der Waals surface area contributed by atoms with Crippen molar-refractivity contribution in [1.82, 2.24) is 4.90 Å². The highest BCUT2D eigenvalue weighted by Gasteiger charge is 2.29. The first-order valence-corrected chi connectivity index (χ1v) is 7.85. The first kappa shape index (κ1) is 14.5. The molecule has 4 nitrogen and oxygen atoms in total. The molecule has 0 radical (unpaired) electrons. The fourth-order valence-electron chi connectivity index (χ4n) is 3.65. The summed E-state index contributed by atoms with van der Waals surface area (Å²) < 4.78 is 5.47. The van der Waals surface area contributed by atoms with Crippen LogP contribution < -0.4 is 0 Å². The molecule has 1 aromatic carbocycles. The Morgan fingerprint density at radius 3 is 3.10 bits per heavy atom. The molecule has 1 saturated heterocycles. The van der Waals surface area contributed by atoms with Gasteiger partial charge in [-0.15, -0.1) is 0 Å². The number of hydrogen-bond donors (Lipinski definition) is 1. The topological polar surface area (TPSA) is 49.8 Å². The van der Waals surface area contributed by atoms with Crippen LogP contribution in [0.25, 0.3) is 0 Å². The van der Waals surface area contributed by atoms with E-state index >= 15 is 0 Å². The summed E-state index contributed by atoms with van der Waals surface area (Å²) in [6.45, 7) is 3.06. The number of ether oxygens (including phenoxy) is 1. The first-order chi connectivity index (χ1) is 10.2. The second-order valence-electron chi connectivity index (χ2n) is 6.11. The Bertz CT molecular complexity index is 503. The summed E-state index contributed by atoms with van der Waals surface area (Å²) in [5, 5.41) is 9.06. The molecule has 0 amide bonds. The maximum Gasteiger partial charge on any atom is 0.305 e. The molecule has 3 rings (SSSR count). The van der Waals surface area contributed by atoms with Crippen LogP contribution in [0.3, 0.4) is 0 Å². The van der Waals surface area contributed by atoms with Gasteiger partial charge in [0.05, 0.1) is 19.6 Å². The lowest BCUT2D eigenvalue weighted by molar-refractivity contribution is -0.140. The van der Waals surface area contributed by atoms with Gasteiger partial charge in [-0.25, -0.2) is 0 Å². The van der Waals surface area contributed by atoms with Crippen LogP contribution in [0, 0.1) is 0 Å². The number of nitrogens with zero attached hydrogens (tertiary/aromatic N) is 1. The molecule has 0 saturated carbocycles. The van der Waals surface area contributed by atoms with Crippen molar-refractivity contribution in [1.29, 1.82) is 0 Å². The molecule has 1 heterocycles. The van der Waals surface area contributed by atoms with E-state index in [1.807, 2.05) is 0 Å². The summed E-state index contributed by atoms with van der Waals surface area (Å²) in [4.78, 5) is 13.3. The number of benzene rings is 1. The third-order valence-electron chi connectivity index (χ3n) is 4.71. The van der Waals surface area contributed by atoms with Gasteiger partial charge in [-0.3, -0.25) is 9.69 Å². The highest BCUT2D eigenvalue weighted by molar-refractivity contribution is 5.67. The lowest BCUT2D eigenvalue weighted by Crippen LogP contribution is -2.48. The van der Waals surface area contributed by atoms with Crippen molar-refractivity contribution in [3.8, 4) is 0 Å². The number of morpholine rings is 1. The number of carbonyl (C=O) groups is 1. The molecular formula is C17H23NO3. The zero-order valence-electron chi connectivity index (χ0n) is 12.3. The van der Waals surface area contributed by atoms with Gasteiger partial charge in [0.2, 0.25) is 0 Å². The van der Waals surface area contributed by atoms with E-state index in [0.717, 1.165) is 13.1 Å². The average Bonchev–Trinajstić information content (AvgIpc) is 2.49. The molecule has 0 spiro atoms. The van der Waals surface area contributed by atoms with Gasteiger partial charge in [-0.1, -0.05) is 24.3 Å². The van der Waals surface area contributed by atoms with E-state index < -0.39 is 5.97 Å². The molecule has 2 unspecified atom stereocenters. The van der Waals surface area contributed by atoms with Crippen molar-refractivity contribution in [2.24, 2.45) is 0 Å². The molecule has 4 heteroatoms. The molecule has 1 N–H and O–H groups in total. The molecule has 21 heavy (non-hydrogen) atoms. The predicted molar refractivity (Wildman–Crippen MR) is 80.6 cm³/mol. The van der Waals surface area contributed by atoms with Crippen molar-refractivity contribution in [2.75, 3.05) is 26.3 Å². The summed E-state index contributed by atoms with van der Waals surface area (Å²) in [6, 6.07) is 8.72. The molecule has 0 aromatic heterocycles. The van der Waals surface area contributed by atoms with Crippen molar-refractivity contribution in [3.05, 3.63) is 35.4 Å². The summed E-state index contributed by atoms with van der Waals surface area (Å²) in [6.07, 6.45) is 3.78. The largest absolute Gasteiger partial charge is 0.481 e. The van der Waals surface area contributed by atoms with Crippen LogP contribution in [-0.4, -0.2) is 48.3 Å². The Labute approximate surface area is 125 Å². The van der Waals surface area contributed by atoms with Gasteiger partial charge in [-0.2, -0.15) is 0 Å². The Kier molecular flexibility index (Phi) is 4.56. The number of aryl methyl sites for hydroxylation is 1. The van der Waals surface area contributed by atoms with E-state index in [1.54, 1.807) is 0 Å². The minimum absolute atomic E-state index is 0.0188. The first-order valence-electron chi connectivity index (χ1n) is 7.85. The number of carboxylic acids is 1. The van der Waals surface area contributed by atoms with Gasteiger partial charge in [0, 0.05) is 19.1 Å². The quantitative estimate of drug-likeness (QED) is 0.924. The lowest BCUT2D eigenvalue weighted by Gasteiger charge is -2.38. The van der Waals surface area contributed by atoms with Crippen LogP contribution in [0.1, 0.15) is 36.3 Å². The van der Waals surface area contributed by atoms with E-state index in [0.29, 0.717) is 19.1 Å². The van der Waals surface area contributed by atoms with Crippen molar-refractivity contribution < 1.29 is 14.6 Å². The van der Waals surface area contributed by atoms with Crippen molar-refractivity contribution in [3.63, 3.8) is 0 Å². The minimum Gasteiger partial charge on any atom is -0.481 e. The van der Waals surface area contributed by atoms with Gasteiger partial charge in [-0.05, 0) is 36.3 Å². The third kappa shape index (κ3) is 3.44. The Balaban J connectivity index is 1.72. The average molecular weight is 289 g/mol. The van der Waals surface area contributed by atoms with Crippen molar-refractivity contribution in [2.45, 2.75) is 37.6 Å². The Hall–Kier alpha value is -1.39. The van der Waals surface area contributed by atoms with Gasteiger partial charge in [0.15, 0.2) is 0 Å². The van der Waals surface area contributed by atoms with E-state index in [2.05, 4.69) is 29.2 Å². The van der Waals surface area contributed by atoms with Crippen LogP contribution in [0.5, 0.6) is 0 Å². The van der Waals surface area contributed by atoms with E-state index in [1.165, 1.54) is 30.4 Å². The number of hydrogen-bond acceptors (Lipinski definition) is 3. The fraction of sp³-hybridized carbons (Fsp3) is 0.588. The number of rotatable bonds is 4. The van der Waals surface area contributed by atoms with Crippen LogP contribution >= 0.6 is 0 Å². The molecular weight excluding hydrogens is 266 g/mol. The van der Waals surface area contributed by atoms with Gasteiger partial charge >= 0.3 is 5.97 Å². The van der Waals surface area contributed by atoms with E-state index in [-0.39, 0.29) is 12.5 Å². The second-order valence-corrected chi connectivity index (χ2v) is 6.11. The van der Waals surface area contributed by atoms with Gasteiger partial charge in [0.25, 0.3) is 0 Å². The van der Waals surface area contributed by atoms with E-state index in [4.69, 9.17) is 9.84 Å². The molecule has 114 valence electrons. The minimum atomic E-state index is -0.737. The Morgan fingerprint density at radius 2 is 2.24 bits per heavy atom. The standard InChI is InChI=1S/C17H23NO3/c19-17(20)10-15-12-21-9-8-18(15)11-14-6-3-5-13-4-1-2-7-16(13)14/h1-2,4,7,14-15H,3,5-6,8-12H2,(H,19,20). The van der Waals surface area contributed by atoms with Crippen LogP contribution in [0.4, 0.5) is 0 Å². The normalized spacial score (nSPS) is 26.3. The molecule has 1 aliphatic heterocycles. The fourth-order valence-corrected chi connectivity index (χ4v) is 3.65. The van der Waals surface area contributed by atoms with Crippen LogP contribution in [0.15, 0.2) is 24.3 Å². The number of fused-ring (bicyclic) bond motifs is 1. The van der Waals surface area contributed by atoms with Gasteiger partial charge < -0.3 is 9.84 Å². The summed E-state index contributed by atoms with van der Waals surface area (Å²) in [5.41, 5.74) is 2.93. The zero-order valence-corrected chi connectivity index (χ0v) is 12.3. The number of carboxylic acid groups (broad SMARTS) is 1. The molecule has 0 bridgehead atoms. The monoisotopic (exact) mass is 289 g/mol. The molecule has 1 aromatic rings. The maximum absolute atomic E-state index is 11.0. The summed E-state index contributed by atoms with van der Waals surface area (Å²) in [7, 11) is 0. The highest BCUT2D eigenvalue weighted by Crippen LogP contribution is 2.32. The predicted octanol–water partition coefficient (Wildman–Crippen LogP) is 2.28. The highest BCUT2D eigenvalue weighted by atomic mass is 16.5. The SMILES string of the molecule is O=C(O)CC1COCCN1CC1CCCc2ccccc21. The molecule has 2 aliphatic rings. The van der Waals surface area contributed by atoms with Crippen LogP contribution in [0.2, 0.25) is 0 Å². The summed E-state index contributed by atoms with van der Waals surface area (Å²) in [5.74, 6) is -0.205. The Morgan fingerprint density at radius 1 is 1.38 bits per heavy atom. The van der Waals surface area contributed by atoms with E-state index in [9.17, 15) is 4.79 Å². The lowest BCUT2D eigenvalue weighted by atomic mass is 9.82. The molecule has 1 aliphatic carbocycles. The molecule has 2 atom stereocenters. The maximum atomic E-state index is 11.0. The zero-order chi connectivity index (χ0) is 14.7. The van der Waals surface area contributed by atoms with Gasteiger partial charge in [0.1, 0.15) is 0 Å². The third-order valence-corrected chi connectivity index (χ3v) is 4.71. The smallest absolute Gasteiger partial charge is 0.305 e. The summed E-state index contributed by atoms with van der Waals surface area (Å²) >= 11 is 0.